The van der Waals surface area contributed by atoms with Gasteiger partial charge in [-0.2, -0.15) is 0 Å². The molecule has 0 aliphatic rings. The van der Waals surface area contributed by atoms with E-state index in [1.54, 1.807) is 0 Å². The topological polar surface area (TPSA) is 43.4 Å². The Morgan fingerprint density at radius 2 is 0.629 bits per heavy atom. The molecule has 0 rings (SSSR count). The van der Waals surface area contributed by atoms with E-state index in [-0.39, 0.29) is 104 Å². The molecule has 35 heavy (non-hydrogen) atoms. The van der Waals surface area contributed by atoms with E-state index >= 15 is 0 Å². The predicted octanol–water partition coefficient (Wildman–Crippen LogP) is 9.93. The average molecular weight is 648 g/mol. The summed E-state index contributed by atoms with van der Waals surface area (Å²) in [6, 6.07) is 0. The van der Waals surface area contributed by atoms with Crippen molar-refractivity contribution in [2.75, 3.05) is 0 Å². The van der Waals surface area contributed by atoms with Gasteiger partial charge in [-0.15, -0.1) is 0 Å². The van der Waals surface area contributed by atoms with Crippen molar-refractivity contribution in [1.29, 1.82) is 0 Å². The number of hydrogen-bond acceptors (Lipinski definition) is 3. The van der Waals surface area contributed by atoms with Gasteiger partial charge in [0.2, 0.25) is 0 Å². The molecule has 0 bridgehead atoms. The maximum absolute atomic E-state index is 11.8. The molecule has 0 heterocycles. The Hall–Kier alpha value is 1.97. The third kappa shape index (κ3) is 36.0. The zero-order chi connectivity index (χ0) is 24.2. The Morgan fingerprint density at radius 3 is 0.857 bits per heavy atom. The van der Waals surface area contributed by atoms with Gasteiger partial charge in [0.1, 0.15) is 0 Å². The van der Waals surface area contributed by atoms with E-state index in [1.165, 1.54) is 128 Å². The normalized spacial score (nSPS) is 10.5. The minimum atomic E-state index is -0.330. The van der Waals surface area contributed by atoms with Crippen LogP contribution in [0.25, 0.3) is 0 Å². The number of esters is 2. The Bertz CT molecular complexity index is 450. The summed E-state index contributed by atoms with van der Waals surface area (Å²) in [6.45, 7) is 4.51. The monoisotopic (exact) mass is 648 g/mol. The predicted molar refractivity (Wildman–Crippen MR) is 158 cm³/mol. The van der Waals surface area contributed by atoms with Gasteiger partial charge in [-0.05, 0) is 12.8 Å². The van der Waals surface area contributed by atoms with Crippen molar-refractivity contribution in [3.63, 3.8) is 0 Å². The molecule has 0 aromatic rings. The maximum atomic E-state index is 11.8. The van der Waals surface area contributed by atoms with Gasteiger partial charge in [0.15, 0.2) is 0 Å². The number of carbonyl (C=O) groups is 2. The van der Waals surface area contributed by atoms with Crippen LogP contribution in [0.2, 0.25) is 0 Å². The van der Waals surface area contributed by atoms with Gasteiger partial charge in [-0.25, -0.2) is 0 Å². The van der Waals surface area contributed by atoms with E-state index in [2.05, 4.69) is 13.8 Å². The fourth-order valence-corrected chi connectivity index (χ4v) is 4.45. The molecule has 0 radical (unpaired) electrons. The molecular weight excluding hydrogens is 586 g/mol. The molecule has 0 N–H and O–H groups in total. The first-order valence-electron chi connectivity index (χ1n) is 14.9. The molecule has 0 aromatic carbocycles. The molecule has 0 fully saturated rings. The van der Waals surface area contributed by atoms with Crippen LogP contribution >= 0.6 is 0 Å². The first kappa shape index (κ1) is 41.5. The second-order valence-electron chi connectivity index (χ2n) is 10.1. The van der Waals surface area contributed by atoms with E-state index < -0.39 is 0 Å². The number of unbranched alkanes of at least 4 members (excludes halogenated alkanes) is 22. The van der Waals surface area contributed by atoms with Crippen LogP contribution in [0.1, 0.15) is 186 Å². The summed E-state index contributed by atoms with van der Waals surface area (Å²) in [5, 5.41) is 0. The largest absolute Gasteiger partial charge is 2.00 e. The Kier molecular flexibility index (Phi) is 42.6. The maximum Gasteiger partial charge on any atom is 2.00 e. The number of ether oxygens (including phenoxy) is 1. The van der Waals surface area contributed by atoms with Crippen LogP contribution in [0.15, 0.2) is 0 Å². The molecule has 5 heteroatoms. The number of hydrogen-bond donors (Lipinski definition) is 0. The van der Waals surface area contributed by atoms with Gasteiger partial charge in [-0.3, -0.25) is 9.59 Å². The third-order valence-corrected chi connectivity index (χ3v) is 6.70. The summed E-state index contributed by atoms with van der Waals surface area (Å²) < 4.78 is 4.96. The molecule has 0 atom stereocenters. The van der Waals surface area contributed by atoms with Crippen molar-refractivity contribution in [3.05, 3.63) is 0 Å². The Morgan fingerprint density at radius 1 is 0.429 bits per heavy atom. The molecule has 3 nitrogen and oxygen atoms in total. The Labute approximate surface area is 295 Å². The molecule has 0 aliphatic carbocycles. The second kappa shape index (κ2) is 36.0. The third-order valence-electron chi connectivity index (χ3n) is 6.70. The minimum absolute atomic E-state index is 0. The van der Waals surface area contributed by atoms with Crippen LogP contribution < -0.4 is 0 Å². The summed E-state index contributed by atoms with van der Waals surface area (Å²) in [5.41, 5.74) is 0. The van der Waals surface area contributed by atoms with Crippen LogP contribution in [0.4, 0.5) is 0 Å². The molecule has 0 spiro atoms. The molecule has 0 saturated carbocycles. The molecule has 204 valence electrons. The average Bonchev–Trinajstić information content (AvgIpc) is 2.80. The molecule has 0 unspecified atom stereocenters. The van der Waals surface area contributed by atoms with Crippen molar-refractivity contribution in [3.8, 4) is 0 Å². The first-order valence-corrected chi connectivity index (χ1v) is 14.9. The molecular formula is C30H62BaCaO3. The molecule has 0 amide bonds. The fraction of sp³-hybridized carbons (Fsp3) is 0.933. The van der Waals surface area contributed by atoms with Gasteiger partial charge >= 0.3 is 98.6 Å². The number of carbonyl (C=O) groups excluding carboxylic acids is 2. The summed E-state index contributed by atoms with van der Waals surface area (Å²) in [5.74, 6) is -0.658. The fourth-order valence-electron chi connectivity index (χ4n) is 4.45. The summed E-state index contributed by atoms with van der Waals surface area (Å²) in [7, 11) is 0. The van der Waals surface area contributed by atoms with Gasteiger partial charge in [0, 0.05) is 12.8 Å². The molecule has 0 aromatic heterocycles. The zero-order valence-electron chi connectivity index (χ0n) is 28.0. The second-order valence-corrected chi connectivity index (χ2v) is 10.1. The van der Waals surface area contributed by atoms with Crippen LogP contribution in [0, 0.1) is 0 Å². The van der Waals surface area contributed by atoms with Crippen molar-refractivity contribution < 1.29 is 20.0 Å². The summed E-state index contributed by atoms with van der Waals surface area (Å²) >= 11 is 0. The summed E-state index contributed by atoms with van der Waals surface area (Å²) in [4.78, 5) is 23.6. The van der Waals surface area contributed by atoms with E-state index in [4.69, 9.17) is 4.74 Å². The first-order chi connectivity index (χ1) is 16.2. The van der Waals surface area contributed by atoms with Crippen molar-refractivity contribution in [2.24, 2.45) is 0 Å². The zero-order valence-corrected chi connectivity index (χ0v) is 30.7. The van der Waals surface area contributed by atoms with Crippen molar-refractivity contribution in [2.45, 2.75) is 181 Å². The van der Waals surface area contributed by atoms with E-state index in [0.717, 1.165) is 25.7 Å². The number of rotatable bonds is 26. The quantitative estimate of drug-likeness (QED) is 0.0406. The van der Waals surface area contributed by atoms with E-state index in [9.17, 15) is 9.59 Å². The van der Waals surface area contributed by atoms with Crippen molar-refractivity contribution >= 4 is 98.6 Å². The van der Waals surface area contributed by atoms with Gasteiger partial charge < -0.3 is 10.4 Å². The Balaban J connectivity index is -0.000000341. The SMILES string of the molecule is CCCCCCCCCCCCCCCCCC(=O)OC(=O)CCCCCCCCCCC.[Ba+2].[Ca+2].[H-].[H-].[H-].[H-]. The van der Waals surface area contributed by atoms with Crippen molar-refractivity contribution in [1.82, 2.24) is 0 Å². The van der Waals surface area contributed by atoms with Crippen LogP contribution in [0.5, 0.6) is 0 Å². The van der Waals surface area contributed by atoms with Gasteiger partial charge in [0.25, 0.3) is 0 Å². The van der Waals surface area contributed by atoms with E-state index in [1.807, 2.05) is 0 Å². The standard InChI is InChI=1S/C30H58O3.Ba.Ca.4H/c1-3-5-7-9-11-13-14-15-16-17-18-20-22-24-26-28-30(32)33-29(31)27-25-23-21-19-12-10-8-6-4-2;;;;;;/h3-28H2,1-2H3;;;;;;/q;2*+2;4*-1. The molecule has 0 saturated heterocycles. The van der Waals surface area contributed by atoms with Crippen LogP contribution in [-0.4, -0.2) is 98.6 Å². The molecule has 0 aliphatic heterocycles. The summed E-state index contributed by atoms with van der Waals surface area (Å²) in [6.07, 6.45) is 31.4. The van der Waals surface area contributed by atoms with Gasteiger partial charge in [0.05, 0.1) is 0 Å². The van der Waals surface area contributed by atoms with Crippen LogP contribution in [0.3, 0.4) is 0 Å². The van der Waals surface area contributed by atoms with Crippen LogP contribution in [-0.2, 0) is 14.3 Å². The smallest absolute Gasteiger partial charge is 1.00 e. The van der Waals surface area contributed by atoms with E-state index in [0.29, 0.717) is 12.8 Å². The minimum Gasteiger partial charge on any atom is -1.00 e. The van der Waals surface area contributed by atoms with Gasteiger partial charge in [-0.1, -0.05) is 155 Å².